The van der Waals surface area contributed by atoms with Gasteiger partial charge in [-0.05, 0) is 0 Å². The number of hydrogen-bond donors (Lipinski definition) is 0. The Bertz CT molecular complexity index is 343. The van der Waals surface area contributed by atoms with Gasteiger partial charge in [-0.2, -0.15) is 0 Å². The van der Waals surface area contributed by atoms with E-state index in [1.807, 2.05) is 0 Å². The predicted molar refractivity (Wildman–Crippen MR) is 31.4 cm³/mol. The summed E-state index contributed by atoms with van der Waals surface area (Å²) in [6.07, 6.45) is 0. The SMILES string of the molecule is O=S(=O)([O-])[O-].O=S(=O)([O-])[O-].O=S(=O)([O-])[O-].[Ti+4].[Zn+2]. The molecule has 17 heavy (non-hydrogen) atoms. The first-order chi connectivity index (χ1) is 6.00. The molecule has 0 heterocycles. The average Bonchev–Trinajstić information content (AvgIpc) is 1.41. The maximum atomic E-state index is 8.52. The van der Waals surface area contributed by atoms with Gasteiger partial charge in [-0.3, -0.25) is 25.3 Å². The zero-order valence-corrected chi connectivity index (χ0v) is 14.3. The molecule has 0 aliphatic heterocycles. The van der Waals surface area contributed by atoms with Crippen LogP contribution < -0.4 is 0 Å². The fourth-order valence-corrected chi connectivity index (χ4v) is 0. The Labute approximate surface area is 124 Å². The molecule has 0 rings (SSSR count). The average molecular weight is 401 g/mol. The molecule has 0 amide bonds. The van der Waals surface area contributed by atoms with E-state index in [1.165, 1.54) is 0 Å². The molecule has 12 nitrogen and oxygen atoms in total. The van der Waals surface area contributed by atoms with E-state index in [-0.39, 0.29) is 41.2 Å². The zero-order valence-electron chi connectivity index (χ0n) is 7.33. The van der Waals surface area contributed by atoms with Gasteiger partial charge in [0.1, 0.15) is 0 Å². The van der Waals surface area contributed by atoms with Crippen LogP contribution in [0.4, 0.5) is 0 Å². The van der Waals surface area contributed by atoms with Gasteiger partial charge < -0.3 is 27.3 Å². The molecule has 0 fully saturated rings. The molecule has 0 radical (unpaired) electrons. The fraction of sp³-hybridized carbons (Fsp3) is 0. The van der Waals surface area contributed by atoms with E-state index in [0.717, 1.165) is 0 Å². The number of hydrogen-bond acceptors (Lipinski definition) is 12. The van der Waals surface area contributed by atoms with Crippen LogP contribution in [0.15, 0.2) is 0 Å². The Kier molecular flexibility index (Phi) is 21.7. The van der Waals surface area contributed by atoms with Crippen molar-refractivity contribution in [3.05, 3.63) is 0 Å². The van der Waals surface area contributed by atoms with E-state index in [0.29, 0.717) is 0 Å². The van der Waals surface area contributed by atoms with Gasteiger partial charge in [-0.25, -0.2) is 0 Å². The maximum absolute atomic E-state index is 8.52. The second-order valence-electron chi connectivity index (χ2n) is 1.22. The van der Waals surface area contributed by atoms with E-state index in [9.17, 15) is 0 Å². The molecule has 0 aliphatic carbocycles. The van der Waals surface area contributed by atoms with Crippen LogP contribution in [0.25, 0.3) is 0 Å². The second kappa shape index (κ2) is 12.0. The Hall–Kier alpha value is 0.948. The molecule has 0 saturated heterocycles. The largest absolute Gasteiger partial charge is 4.00 e. The summed E-state index contributed by atoms with van der Waals surface area (Å²) in [5.74, 6) is 0. The van der Waals surface area contributed by atoms with Crippen molar-refractivity contribution >= 4 is 31.2 Å². The van der Waals surface area contributed by atoms with Gasteiger partial charge in [0, 0.05) is 31.2 Å². The predicted octanol–water partition coefficient (Wildman–Crippen LogP) is -4.02. The van der Waals surface area contributed by atoms with E-state index in [2.05, 4.69) is 0 Å². The maximum Gasteiger partial charge on any atom is 4.00 e. The van der Waals surface area contributed by atoms with Crippen LogP contribution in [0.3, 0.4) is 0 Å². The Morgan fingerprint density at radius 2 is 0.471 bits per heavy atom. The first-order valence-corrected chi connectivity index (χ1v) is 6.00. The van der Waals surface area contributed by atoms with Gasteiger partial charge in [0.25, 0.3) is 0 Å². The quantitative estimate of drug-likeness (QED) is 0.214. The first kappa shape index (κ1) is 30.7. The Morgan fingerprint density at radius 3 is 0.471 bits per heavy atom. The molecule has 0 aromatic heterocycles. The van der Waals surface area contributed by atoms with Crippen molar-refractivity contribution < 1.29 is 93.8 Å². The summed E-state index contributed by atoms with van der Waals surface area (Å²) >= 11 is 0. The molecule has 0 atom stereocenters. The van der Waals surface area contributed by atoms with Gasteiger partial charge in [0.05, 0.1) is 0 Å². The molecule has 0 aliphatic rings. The molecular formula is O12S3TiZn. The van der Waals surface area contributed by atoms with Crippen molar-refractivity contribution in [1.82, 2.24) is 0 Å². The van der Waals surface area contributed by atoms with E-state index >= 15 is 0 Å². The van der Waals surface area contributed by atoms with E-state index in [1.54, 1.807) is 0 Å². The molecule has 0 spiro atoms. The monoisotopic (exact) mass is 400 g/mol. The van der Waals surface area contributed by atoms with Crippen LogP contribution in [0.2, 0.25) is 0 Å². The molecule has 0 aromatic rings. The van der Waals surface area contributed by atoms with E-state index in [4.69, 9.17) is 52.6 Å². The van der Waals surface area contributed by atoms with Gasteiger partial charge in [-0.1, -0.05) is 0 Å². The third-order valence-electron chi connectivity index (χ3n) is 0. The Morgan fingerprint density at radius 1 is 0.471 bits per heavy atom. The normalized spacial score (nSPS) is 10.2. The molecule has 0 unspecified atom stereocenters. The van der Waals surface area contributed by atoms with Crippen molar-refractivity contribution in [1.29, 1.82) is 0 Å². The summed E-state index contributed by atoms with van der Waals surface area (Å²) in [6.45, 7) is 0. The van der Waals surface area contributed by atoms with Crippen molar-refractivity contribution in [2.24, 2.45) is 0 Å². The Balaban J connectivity index is -0.0000000400. The summed E-state index contributed by atoms with van der Waals surface area (Å²) in [6, 6.07) is 0. The van der Waals surface area contributed by atoms with Crippen molar-refractivity contribution in [2.45, 2.75) is 0 Å². The van der Waals surface area contributed by atoms with Crippen LogP contribution >= 0.6 is 0 Å². The molecule has 0 aromatic carbocycles. The van der Waals surface area contributed by atoms with Crippen LogP contribution in [0.1, 0.15) is 0 Å². The first-order valence-electron chi connectivity index (χ1n) is 2.00. The third-order valence-corrected chi connectivity index (χ3v) is 0. The summed E-state index contributed by atoms with van der Waals surface area (Å²) in [4.78, 5) is 0. The third kappa shape index (κ3) is 4220. The molecule has 96 valence electrons. The van der Waals surface area contributed by atoms with E-state index < -0.39 is 31.2 Å². The molecule has 0 bridgehead atoms. The van der Waals surface area contributed by atoms with Gasteiger partial charge in [0.15, 0.2) is 0 Å². The van der Waals surface area contributed by atoms with Gasteiger partial charge in [0.2, 0.25) is 0 Å². The van der Waals surface area contributed by atoms with Crippen molar-refractivity contribution in [3.63, 3.8) is 0 Å². The topological polar surface area (TPSA) is 241 Å². The van der Waals surface area contributed by atoms with Gasteiger partial charge >= 0.3 is 41.2 Å². The molecule has 0 N–H and O–H groups in total. The van der Waals surface area contributed by atoms with Crippen LogP contribution in [-0.2, 0) is 72.4 Å². The van der Waals surface area contributed by atoms with Crippen LogP contribution in [0, 0.1) is 0 Å². The molecular weight excluding hydrogens is 401 g/mol. The molecule has 0 saturated carbocycles. The minimum atomic E-state index is -5.17. The number of rotatable bonds is 0. The summed E-state index contributed by atoms with van der Waals surface area (Å²) in [7, 11) is -15.5. The minimum absolute atomic E-state index is 0. The van der Waals surface area contributed by atoms with Gasteiger partial charge in [-0.15, -0.1) is 0 Å². The standard InChI is InChI=1S/3H2O4S.Ti.Zn/c3*1-5(2,3)4;;/h3*(H2,1,2,3,4);;/q;;;+4;+2/p-6. The summed E-state index contributed by atoms with van der Waals surface area (Å²) < 4.78 is 102. The van der Waals surface area contributed by atoms with Crippen molar-refractivity contribution in [3.8, 4) is 0 Å². The second-order valence-corrected chi connectivity index (χ2v) is 3.67. The summed E-state index contributed by atoms with van der Waals surface area (Å²) in [5, 5.41) is 0. The summed E-state index contributed by atoms with van der Waals surface area (Å²) in [5.41, 5.74) is 0. The molecule has 17 heteroatoms. The van der Waals surface area contributed by atoms with Crippen LogP contribution in [0.5, 0.6) is 0 Å². The fourth-order valence-electron chi connectivity index (χ4n) is 0. The minimum Gasteiger partial charge on any atom is -0.759 e. The van der Waals surface area contributed by atoms with Crippen LogP contribution in [-0.4, -0.2) is 52.6 Å². The van der Waals surface area contributed by atoms with Crippen molar-refractivity contribution in [2.75, 3.05) is 0 Å². The zero-order chi connectivity index (χ0) is 13.5. The smallest absolute Gasteiger partial charge is 0.759 e.